The second-order valence-corrected chi connectivity index (χ2v) is 10.4. The molecule has 0 aliphatic heterocycles. The fourth-order valence-electron chi connectivity index (χ4n) is 3.21. The van der Waals surface area contributed by atoms with Crippen molar-refractivity contribution >= 4 is 37.5 Å². The number of hydrogen-bond donors (Lipinski definition) is 0. The van der Waals surface area contributed by atoms with Crippen LogP contribution in [0.2, 0.25) is 0 Å². The van der Waals surface area contributed by atoms with Crippen LogP contribution in [-0.2, 0) is 9.84 Å². The lowest BCUT2D eigenvalue weighted by atomic mass is 9.95. The molecule has 1 fully saturated rings. The lowest BCUT2D eigenvalue weighted by Gasteiger charge is -2.24. The molecule has 0 saturated heterocycles. The van der Waals surface area contributed by atoms with Crippen molar-refractivity contribution < 1.29 is 8.42 Å². The molecule has 1 aromatic heterocycles. The number of aromatic nitrogens is 3. The molecule has 1 saturated carbocycles. The maximum atomic E-state index is 12.5. The maximum Gasteiger partial charge on any atom is 0.191 e. The average molecular weight is 444 g/mol. The van der Waals surface area contributed by atoms with Crippen molar-refractivity contribution in [3.8, 4) is 0 Å². The predicted molar refractivity (Wildman–Crippen MR) is 104 cm³/mol. The monoisotopic (exact) mass is 443 g/mol. The van der Waals surface area contributed by atoms with E-state index in [1.54, 1.807) is 24.3 Å². The van der Waals surface area contributed by atoms with E-state index in [-0.39, 0.29) is 5.75 Å². The molecule has 2 aromatic rings. The molecule has 0 spiro atoms. The molecule has 0 amide bonds. The zero-order valence-electron chi connectivity index (χ0n) is 14.2. The first-order chi connectivity index (χ1) is 12.0. The Morgan fingerprint density at radius 2 is 1.84 bits per heavy atom. The van der Waals surface area contributed by atoms with Gasteiger partial charge in [-0.05, 0) is 44.0 Å². The van der Waals surface area contributed by atoms with E-state index in [1.165, 1.54) is 31.0 Å². The zero-order valence-corrected chi connectivity index (χ0v) is 17.4. The summed E-state index contributed by atoms with van der Waals surface area (Å²) in [6.07, 6.45) is 6.09. The molecular formula is C17H22BrN3O2S2. The van der Waals surface area contributed by atoms with Crippen LogP contribution < -0.4 is 0 Å². The molecule has 0 N–H and O–H groups in total. The number of rotatable bonds is 6. The lowest BCUT2D eigenvalue weighted by Crippen LogP contribution is -2.16. The molecule has 136 valence electrons. The summed E-state index contributed by atoms with van der Waals surface area (Å²) in [5.74, 6) is 1.49. The van der Waals surface area contributed by atoms with Gasteiger partial charge in [-0.15, -0.1) is 10.2 Å². The Bertz CT molecular complexity index is 813. The summed E-state index contributed by atoms with van der Waals surface area (Å²) in [6.45, 7) is 1.98. The molecule has 0 radical (unpaired) electrons. The van der Waals surface area contributed by atoms with Gasteiger partial charge in [0, 0.05) is 16.3 Å². The first-order valence-corrected chi connectivity index (χ1v) is 11.9. The van der Waals surface area contributed by atoms with Crippen molar-refractivity contribution in [1.82, 2.24) is 14.8 Å². The summed E-state index contributed by atoms with van der Waals surface area (Å²) in [5.41, 5.74) is 0. The quantitative estimate of drug-likeness (QED) is 0.618. The van der Waals surface area contributed by atoms with Crippen LogP contribution >= 0.6 is 27.7 Å². The van der Waals surface area contributed by atoms with Crippen molar-refractivity contribution in [2.45, 2.75) is 55.1 Å². The molecule has 1 heterocycles. The van der Waals surface area contributed by atoms with Gasteiger partial charge in [-0.2, -0.15) is 0 Å². The Morgan fingerprint density at radius 1 is 1.16 bits per heavy atom. The SMILES string of the molecule is Cc1nnc(SCCS(=O)(=O)c2ccc(Br)cc2)n1C1CCCCC1. The van der Waals surface area contributed by atoms with Gasteiger partial charge in [0.2, 0.25) is 0 Å². The highest BCUT2D eigenvalue weighted by Gasteiger charge is 2.22. The van der Waals surface area contributed by atoms with E-state index in [9.17, 15) is 8.42 Å². The Balaban J connectivity index is 1.65. The van der Waals surface area contributed by atoms with Gasteiger partial charge >= 0.3 is 0 Å². The van der Waals surface area contributed by atoms with Gasteiger partial charge < -0.3 is 4.57 Å². The highest BCUT2D eigenvalue weighted by atomic mass is 79.9. The summed E-state index contributed by atoms with van der Waals surface area (Å²) in [4.78, 5) is 0.362. The number of nitrogens with zero attached hydrogens (tertiary/aromatic N) is 3. The van der Waals surface area contributed by atoms with Gasteiger partial charge in [-0.1, -0.05) is 47.0 Å². The summed E-state index contributed by atoms with van der Waals surface area (Å²) in [5, 5.41) is 9.32. The van der Waals surface area contributed by atoms with E-state index < -0.39 is 9.84 Å². The highest BCUT2D eigenvalue weighted by Crippen LogP contribution is 2.32. The largest absolute Gasteiger partial charge is 0.303 e. The number of sulfone groups is 1. The second-order valence-electron chi connectivity index (χ2n) is 6.31. The standard InChI is InChI=1S/C17H22BrN3O2S2/c1-13-19-20-17(21(13)15-5-3-2-4-6-15)24-11-12-25(22,23)16-9-7-14(18)8-10-16/h7-10,15H,2-6,11-12H2,1H3. The minimum Gasteiger partial charge on any atom is -0.303 e. The first kappa shape index (κ1) is 18.9. The molecule has 5 nitrogen and oxygen atoms in total. The zero-order chi connectivity index (χ0) is 17.9. The van der Waals surface area contributed by atoms with Gasteiger partial charge in [0.05, 0.1) is 10.6 Å². The van der Waals surface area contributed by atoms with Crippen LogP contribution in [0.1, 0.15) is 44.0 Å². The predicted octanol–water partition coefficient (Wildman–Crippen LogP) is 4.42. The second kappa shape index (κ2) is 8.22. The van der Waals surface area contributed by atoms with E-state index in [0.717, 1.165) is 28.3 Å². The number of halogens is 1. The van der Waals surface area contributed by atoms with Gasteiger partial charge in [-0.25, -0.2) is 8.42 Å². The van der Waals surface area contributed by atoms with E-state index in [4.69, 9.17) is 0 Å². The highest BCUT2D eigenvalue weighted by molar-refractivity contribution is 9.10. The normalized spacial score (nSPS) is 16.2. The van der Waals surface area contributed by atoms with Crippen molar-refractivity contribution in [3.05, 3.63) is 34.6 Å². The third kappa shape index (κ3) is 4.65. The third-order valence-electron chi connectivity index (χ3n) is 4.53. The Labute approximate surface area is 161 Å². The van der Waals surface area contributed by atoms with Gasteiger partial charge in [0.1, 0.15) is 5.82 Å². The van der Waals surface area contributed by atoms with Crippen LogP contribution in [0.4, 0.5) is 0 Å². The third-order valence-corrected chi connectivity index (χ3v) is 7.99. The van der Waals surface area contributed by atoms with Crippen molar-refractivity contribution in [2.75, 3.05) is 11.5 Å². The lowest BCUT2D eigenvalue weighted by molar-refractivity contribution is 0.332. The van der Waals surface area contributed by atoms with Crippen LogP contribution in [0.3, 0.4) is 0 Å². The summed E-state index contributed by atoms with van der Waals surface area (Å²) in [7, 11) is -3.28. The maximum absolute atomic E-state index is 12.5. The fourth-order valence-corrected chi connectivity index (χ4v) is 6.17. The Hall–Kier alpha value is -0.860. The van der Waals surface area contributed by atoms with Crippen LogP contribution in [-0.4, -0.2) is 34.7 Å². The molecule has 3 rings (SSSR count). The van der Waals surface area contributed by atoms with E-state index in [1.807, 2.05) is 6.92 Å². The van der Waals surface area contributed by atoms with Crippen LogP contribution in [0.5, 0.6) is 0 Å². The van der Waals surface area contributed by atoms with Crippen LogP contribution in [0.15, 0.2) is 38.8 Å². The van der Waals surface area contributed by atoms with Crippen molar-refractivity contribution in [1.29, 1.82) is 0 Å². The molecule has 1 aromatic carbocycles. The number of aryl methyl sites for hydroxylation is 1. The average Bonchev–Trinajstić information content (AvgIpc) is 2.96. The van der Waals surface area contributed by atoms with Gasteiger partial charge in [0.15, 0.2) is 15.0 Å². The number of thioether (sulfide) groups is 1. The van der Waals surface area contributed by atoms with Crippen molar-refractivity contribution in [2.24, 2.45) is 0 Å². The molecule has 1 aliphatic carbocycles. The number of benzene rings is 1. The van der Waals surface area contributed by atoms with Gasteiger partial charge in [-0.3, -0.25) is 0 Å². The molecular weight excluding hydrogens is 422 g/mol. The van der Waals surface area contributed by atoms with Crippen LogP contribution in [0, 0.1) is 6.92 Å². The Kier molecular flexibility index (Phi) is 6.22. The van der Waals surface area contributed by atoms with Crippen LogP contribution in [0.25, 0.3) is 0 Å². The fraction of sp³-hybridized carbons (Fsp3) is 0.529. The molecule has 0 bridgehead atoms. The first-order valence-electron chi connectivity index (χ1n) is 8.50. The topological polar surface area (TPSA) is 64.8 Å². The van der Waals surface area contributed by atoms with E-state index in [2.05, 4.69) is 30.7 Å². The number of hydrogen-bond acceptors (Lipinski definition) is 5. The molecule has 0 atom stereocenters. The molecule has 25 heavy (non-hydrogen) atoms. The van der Waals surface area contributed by atoms with Gasteiger partial charge in [0.25, 0.3) is 0 Å². The summed E-state index contributed by atoms with van der Waals surface area (Å²) < 4.78 is 28.0. The summed E-state index contributed by atoms with van der Waals surface area (Å²) in [6, 6.07) is 7.23. The molecule has 0 unspecified atom stereocenters. The molecule has 1 aliphatic rings. The van der Waals surface area contributed by atoms with Crippen molar-refractivity contribution in [3.63, 3.8) is 0 Å². The van der Waals surface area contributed by atoms with E-state index >= 15 is 0 Å². The minimum atomic E-state index is -3.28. The smallest absolute Gasteiger partial charge is 0.191 e. The molecule has 8 heteroatoms. The van der Waals surface area contributed by atoms with E-state index in [0.29, 0.717) is 16.7 Å². The Morgan fingerprint density at radius 3 is 2.52 bits per heavy atom. The summed E-state index contributed by atoms with van der Waals surface area (Å²) >= 11 is 4.81. The minimum absolute atomic E-state index is 0.0931.